The molecule has 0 bridgehead atoms. The third kappa shape index (κ3) is 3.60. The van der Waals surface area contributed by atoms with Gasteiger partial charge in [0.2, 0.25) is 10.0 Å². The number of aliphatic hydroxyl groups is 1. The molecule has 0 unspecified atom stereocenters. The molecule has 9 heteroatoms. The Morgan fingerprint density at radius 3 is 2.38 bits per heavy atom. The van der Waals surface area contributed by atoms with Crippen LogP contribution in [0.5, 0.6) is 0 Å². The summed E-state index contributed by atoms with van der Waals surface area (Å²) in [5.41, 5.74) is -0.474. The van der Waals surface area contributed by atoms with Crippen molar-refractivity contribution in [3.63, 3.8) is 0 Å². The summed E-state index contributed by atoms with van der Waals surface area (Å²) in [5.74, 6) is -1.02. The molecule has 1 aromatic rings. The van der Waals surface area contributed by atoms with Crippen molar-refractivity contribution < 1.29 is 26.3 Å². The lowest BCUT2D eigenvalue weighted by molar-refractivity contribution is 0.213. The standard InChI is InChI=1S/C12H16FNO5S2/c1-20(16,17)9-2-3-10(13)11(6-9)21(18,19)14-7-12(8-15)4-5-12/h2-3,6,14-15H,4-5,7-8H2,1H3. The van der Waals surface area contributed by atoms with Gasteiger partial charge in [-0.25, -0.2) is 25.9 Å². The molecule has 0 heterocycles. The zero-order valence-electron chi connectivity index (χ0n) is 11.3. The monoisotopic (exact) mass is 337 g/mol. The van der Waals surface area contributed by atoms with Crippen LogP contribution in [-0.4, -0.2) is 41.3 Å². The van der Waals surface area contributed by atoms with Crippen LogP contribution in [0.1, 0.15) is 12.8 Å². The van der Waals surface area contributed by atoms with Crippen molar-refractivity contribution in [2.45, 2.75) is 22.6 Å². The number of benzene rings is 1. The predicted molar refractivity (Wildman–Crippen MR) is 73.5 cm³/mol. The molecule has 118 valence electrons. The molecule has 2 rings (SSSR count). The zero-order chi connectivity index (χ0) is 15.9. The van der Waals surface area contributed by atoms with Crippen LogP contribution in [0.3, 0.4) is 0 Å². The summed E-state index contributed by atoms with van der Waals surface area (Å²) in [4.78, 5) is -0.980. The second kappa shape index (κ2) is 5.31. The van der Waals surface area contributed by atoms with Gasteiger partial charge in [-0.3, -0.25) is 0 Å². The summed E-state index contributed by atoms with van der Waals surface area (Å²) in [6, 6.07) is 2.62. The summed E-state index contributed by atoms with van der Waals surface area (Å²) < 4.78 is 63.0. The van der Waals surface area contributed by atoms with Crippen LogP contribution in [0, 0.1) is 11.2 Å². The molecule has 0 aliphatic heterocycles. The highest BCUT2D eigenvalue weighted by atomic mass is 32.2. The quantitative estimate of drug-likeness (QED) is 0.726. The maximum absolute atomic E-state index is 13.7. The number of hydrogen-bond acceptors (Lipinski definition) is 5. The van der Waals surface area contributed by atoms with Gasteiger partial charge in [-0.1, -0.05) is 0 Å². The molecule has 1 aromatic carbocycles. The van der Waals surface area contributed by atoms with Gasteiger partial charge in [0.25, 0.3) is 0 Å². The summed E-state index contributed by atoms with van der Waals surface area (Å²) in [6.07, 6.45) is 2.30. The van der Waals surface area contributed by atoms with Crippen molar-refractivity contribution in [3.8, 4) is 0 Å². The first-order valence-electron chi connectivity index (χ1n) is 6.20. The van der Waals surface area contributed by atoms with Gasteiger partial charge < -0.3 is 5.11 Å². The Kier molecular flexibility index (Phi) is 4.13. The minimum atomic E-state index is -4.18. The molecule has 0 amide bonds. The van der Waals surface area contributed by atoms with E-state index in [0.717, 1.165) is 24.5 Å². The van der Waals surface area contributed by atoms with Crippen molar-refractivity contribution in [2.75, 3.05) is 19.4 Å². The highest BCUT2D eigenvalue weighted by Crippen LogP contribution is 2.44. The van der Waals surface area contributed by atoms with E-state index in [-0.39, 0.29) is 18.0 Å². The third-order valence-electron chi connectivity index (χ3n) is 3.55. The summed E-state index contributed by atoms with van der Waals surface area (Å²) in [6.45, 7) is -0.157. The molecule has 2 N–H and O–H groups in total. The fourth-order valence-electron chi connectivity index (χ4n) is 1.81. The van der Waals surface area contributed by atoms with Crippen molar-refractivity contribution in [1.29, 1.82) is 0 Å². The summed E-state index contributed by atoms with van der Waals surface area (Å²) in [5, 5.41) is 9.14. The number of aliphatic hydroxyl groups excluding tert-OH is 1. The average Bonchev–Trinajstić information content (AvgIpc) is 3.16. The molecule has 1 aliphatic rings. The molecule has 0 aromatic heterocycles. The molecule has 6 nitrogen and oxygen atoms in total. The fourth-order valence-corrected chi connectivity index (χ4v) is 3.79. The zero-order valence-corrected chi connectivity index (χ0v) is 13.0. The van der Waals surface area contributed by atoms with E-state index in [4.69, 9.17) is 5.11 Å². The van der Waals surface area contributed by atoms with Gasteiger partial charge in [-0.2, -0.15) is 0 Å². The van der Waals surface area contributed by atoms with Gasteiger partial charge in [-0.15, -0.1) is 0 Å². The molecular weight excluding hydrogens is 321 g/mol. The highest BCUT2D eigenvalue weighted by Gasteiger charge is 2.42. The van der Waals surface area contributed by atoms with Gasteiger partial charge in [0.15, 0.2) is 9.84 Å². The predicted octanol–water partition coefficient (Wildman–Crippen LogP) is 0.280. The Bertz CT molecular complexity index is 754. The van der Waals surface area contributed by atoms with Crippen molar-refractivity contribution in [3.05, 3.63) is 24.0 Å². The van der Waals surface area contributed by atoms with E-state index >= 15 is 0 Å². The van der Waals surface area contributed by atoms with Gasteiger partial charge >= 0.3 is 0 Å². The first kappa shape index (κ1) is 16.3. The Morgan fingerprint density at radius 1 is 1.29 bits per heavy atom. The van der Waals surface area contributed by atoms with Crippen LogP contribution in [0.2, 0.25) is 0 Å². The number of sulfonamides is 1. The molecule has 21 heavy (non-hydrogen) atoms. The van der Waals surface area contributed by atoms with Gasteiger partial charge in [-0.05, 0) is 31.0 Å². The molecule has 0 spiro atoms. The number of nitrogens with one attached hydrogen (secondary N) is 1. The second-order valence-electron chi connectivity index (χ2n) is 5.35. The second-order valence-corrected chi connectivity index (χ2v) is 9.10. The first-order valence-corrected chi connectivity index (χ1v) is 9.57. The Hall–Kier alpha value is -1.03. The lowest BCUT2D eigenvalue weighted by atomic mass is 10.1. The molecular formula is C12H16FNO5S2. The normalized spacial score (nSPS) is 17.7. The number of halogens is 1. The van der Waals surface area contributed by atoms with E-state index in [1.165, 1.54) is 0 Å². The maximum Gasteiger partial charge on any atom is 0.243 e. The molecule has 0 radical (unpaired) electrons. The van der Waals surface area contributed by atoms with E-state index in [2.05, 4.69) is 4.72 Å². The molecule has 1 fully saturated rings. The van der Waals surface area contributed by atoms with Crippen molar-refractivity contribution in [2.24, 2.45) is 5.41 Å². The van der Waals surface area contributed by atoms with E-state index in [0.29, 0.717) is 12.8 Å². The molecule has 0 atom stereocenters. The Balaban J connectivity index is 2.31. The summed E-state index contributed by atoms with van der Waals surface area (Å²) >= 11 is 0. The lowest BCUT2D eigenvalue weighted by Crippen LogP contribution is -2.32. The smallest absolute Gasteiger partial charge is 0.243 e. The van der Waals surface area contributed by atoms with E-state index in [9.17, 15) is 21.2 Å². The maximum atomic E-state index is 13.7. The molecule has 1 saturated carbocycles. The van der Waals surface area contributed by atoms with E-state index in [1.54, 1.807) is 0 Å². The van der Waals surface area contributed by atoms with Crippen LogP contribution in [0.15, 0.2) is 28.0 Å². The van der Waals surface area contributed by atoms with E-state index in [1.807, 2.05) is 0 Å². The Morgan fingerprint density at radius 2 is 1.90 bits per heavy atom. The van der Waals surface area contributed by atoms with Crippen LogP contribution in [0.25, 0.3) is 0 Å². The van der Waals surface area contributed by atoms with Gasteiger partial charge in [0.1, 0.15) is 10.7 Å². The molecule has 1 aliphatic carbocycles. The van der Waals surface area contributed by atoms with Crippen LogP contribution < -0.4 is 4.72 Å². The van der Waals surface area contributed by atoms with Gasteiger partial charge in [0.05, 0.1) is 4.90 Å². The third-order valence-corrected chi connectivity index (χ3v) is 6.08. The minimum absolute atomic E-state index is 0.00558. The minimum Gasteiger partial charge on any atom is -0.396 e. The van der Waals surface area contributed by atoms with Crippen molar-refractivity contribution >= 4 is 19.9 Å². The first-order chi connectivity index (χ1) is 9.60. The summed E-state index contributed by atoms with van der Waals surface area (Å²) in [7, 11) is -7.81. The SMILES string of the molecule is CS(=O)(=O)c1ccc(F)c(S(=O)(=O)NCC2(CO)CC2)c1. The fraction of sp³-hybridized carbons (Fsp3) is 0.500. The number of sulfone groups is 1. The average molecular weight is 337 g/mol. The lowest BCUT2D eigenvalue weighted by Gasteiger charge is -2.14. The number of hydrogen-bond donors (Lipinski definition) is 2. The van der Waals surface area contributed by atoms with Crippen molar-refractivity contribution in [1.82, 2.24) is 4.72 Å². The van der Waals surface area contributed by atoms with Crippen LogP contribution in [-0.2, 0) is 19.9 Å². The highest BCUT2D eigenvalue weighted by molar-refractivity contribution is 7.91. The van der Waals surface area contributed by atoms with Gasteiger partial charge in [0, 0.05) is 24.8 Å². The Labute approximate surface area is 123 Å². The van der Waals surface area contributed by atoms with E-state index < -0.39 is 36.0 Å². The van der Waals surface area contributed by atoms with Crippen LogP contribution >= 0.6 is 0 Å². The number of rotatable bonds is 6. The largest absolute Gasteiger partial charge is 0.396 e. The van der Waals surface area contributed by atoms with Crippen LogP contribution in [0.4, 0.5) is 4.39 Å². The topological polar surface area (TPSA) is 101 Å². The molecule has 0 saturated heterocycles.